The first-order chi connectivity index (χ1) is 11.0. The van der Waals surface area contributed by atoms with Crippen molar-refractivity contribution in [2.45, 2.75) is 0 Å². The van der Waals surface area contributed by atoms with Gasteiger partial charge in [0.15, 0.2) is 0 Å². The molecule has 0 bridgehead atoms. The third-order valence-corrected chi connectivity index (χ3v) is 2.97. The molecule has 0 aliphatic heterocycles. The van der Waals surface area contributed by atoms with Crippen LogP contribution in [0.2, 0.25) is 0 Å². The van der Waals surface area contributed by atoms with Crippen LogP contribution in [0.25, 0.3) is 0 Å². The summed E-state index contributed by atoms with van der Waals surface area (Å²) in [6.45, 7) is 0.352. The molecule has 0 aromatic heterocycles. The van der Waals surface area contributed by atoms with E-state index in [1.165, 1.54) is 24.3 Å². The molecule has 0 aliphatic rings. The van der Waals surface area contributed by atoms with Gasteiger partial charge in [0.05, 0.1) is 0 Å². The lowest BCUT2D eigenvalue weighted by Gasteiger charge is -2.08. The van der Waals surface area contributed by atoms with Crippen LogP contribution in [-0.2, 0) is 0 Å². The molecule has 7 heteroatoms. The number of hydrogen-bond donors (Lipinski definition) is 5. The van der Waals surface area contributed by atoms with Crippen LogP contribution in [0.1, 0.15) is 20.7 Å². The fourth-order valence-corrected chi connectivity index (χ4v) is 1.93. The van der Waals surface area contributed by atoms with Crippen molar-refractivity contribution in [1.29, 1.82) is 0 Å². The normalized spacial score (nSPS) is 10.1. The lowest BCUT2D eigenvalue weighted by molar-refractivity contribution is 0.0927. The van der Waals surface area contributed by atoms with Gasteiger partial charge >= 0.3 is 0 Å². The Morgan fingerprint density at radius 2 is 1.26 bits per heavy atom. The minimum Gasteiger partial charge on any atom is -0.508 e. The summed E-state index contributed by atoms with van der Waals surface area (Å²) in [7, 11) is 0. The SMILES string of the molecule is O=C(NCCNC(=O)c1cc(O)cc(O)c1)c1cccc(O)c1. The largest absolute Gasteiger partial charge is 0.508 e. The third-order valence-electron chi connectivity index (χ3n) is 2.97. The highest BCUT2D eigenvalue weighted by atomic mass is 16.3. The molecule has 0 heterocycles. The summed E-state index contributed by atoms with van der Waals surface area (Å²) in [5.74, 6) is -1.29. The van der Waals surface area contributed by atoms with Gasteiger partial charge in [-0.25, -0.2) is 0 Å². The Morgan fingerprint density at radius 1 is 0.739 bits per heavy atom. The van der Waals surface area contributed by atoms with E-state index in [1.54, 1.807) is 12.1 Å². The van der Waals surface area contributed by atoms with Gasteiger partial charge in [-0.05, 0) is 30.3 Å². The van der Waals surface area contributed by atoms with E-state index in [2.05, 4.69) is 10.6 Å². The monoisotopic (exact) mass is 316 g/mol. The Bertz CT molecular complexity index is 710. The molecule has 2 rings (SSSR count). The molecule has 0 unspecified atom stereocenters. The first-order valence-electron chi connectivity index (χ1n) is 6.84. The molecule has 0 fully saturated rings. The van der Waals surface area contributed by atoms with Gasteiger partial charge in [-0.1, -0.05) is 6.07 Å². The van der Waals surface area contributed by atoms with E-state index in [1.807, 2.05) is 0 Å². The van der Waals surface area contributed by atoms with Crippen molar-refractivity contribution in [1.82, 2.24) is 10.6 Å². The maximum Gasteiger partial charge on any atom is 0.251 e. The zero-order chi connectivity index (χ0) is 16.8. The van der Waals surface area contributed by atoms with E-state index in [9.17, 15) is 24.9 Å². The number of carbonyl (C=O) groups is 2. The minimum atomic E-state index is -0.484. The zero-order valence-electron chi connectivity index (χ0n) is 12.1. The molecule has 0 saturated heterocycles. The molecule has 23 heavy (non-hydrogen) atoms. The van der Waals surface area contributed by atoms with Gasteiger partial charge in [-0.3, -0.25) is 9.59 Å². The number of benzene rings is 2. The van der Waals surface area contributed by atoms with Crippen LogP contribution in [-0.4, -0.2) is 40.2 Å². The van der Waals surface area contributed by atoms with Crippen molar-refractivity contribution in [3.05, 3.63) is 53.6 Å². The van der Waals surface area contributed by atoms with E-state index >= 15 is 0 Å². The Hall–Kier alpha value is -3.22. The van der Waals surface area contributed by atoms with Gasteiger partial charge in [-0.15, -0.1) is 0 Å². The van der Waals surface area contributed by atoms with Crippen LogP contribution in [0.3, 0.4) is 0 Å². The number of hydrogen-bond acceptors (Lipinski definition) is 5. The second-order valence-electron chi connectivity index (χ2n) is 4.80. The van der Waals surface area contributed by atoms with Crippen molar-refractivity contribution < 1.29 is 24.9 Å². The number of carbonyl (C=O) groups excluding carboxylic acids is 2. The Morgan fingerprint density at radius 3 is 1.83 bits per heavy atom. The molecule has 120 valence electrons. The Labute approximate surface area is 132 Å². The average molecular weight is 316 g/mol. The maximum absolute atomic E-state index is 11.8. The summed E-state index contributed by atoms with van der Waals surface area (Å²) in [6.07, 6.45) is 0. The van der Waals surface area contributed by atoms with Crippen molar-refractivity contribution in [2.75, 3.05) is 13.1 Å². The summed E-state index contributed by atoms with van der Waals surface area (Å²) in [4.78, 5) is 23.6. The lowest BCUT2D eigenvalue weighted by atomic mass is 10.2. The highest BCUT2D eigenvalue weighted by Gasteiger charge is 2.09. The molecular formula is C16H16N2O5. The number of rotatable bonds is 5. The van der Waals surface area contributed by atoms with Gasteiger partial charge < -0.3 is 26.0 Å². The standard InChI is InChI=1S/C16H16N2O5/c19-12-3-1-2-10(6-12)15(22)17-4-5-18-16(23)11-7-13(20)9-14(21)8-11/h1-3,6-9,19-21H,4-5H2,(H,17,22)(H,18,23). The van der Waals surface area contributed by atoms with Crippen molar-refractivity contribution in [3.8, 4) is 17.2 Å². The summed E-state index contributed by atoms with van der Waals surface area (Å²) in [5, 5.41) is 33.1. The molecule has 2 aromatic rings. The summed E-state index contributed by atoms with van der Waals surface area (Å²) in [5.41, 5.74) is 0.427. The predicted molar refractivity (Wildman–Crippen MR) is 82.5 cm³/mol. The van der Waals surface area contributed by atoms with Crippen molar-refractivity contribution in [2.24, 2.45) is 0 Å². The van der Waals surface area contributed by atoms with E-state index in [0.29, 0.717) is 5.56 Å². The first-order valence-corrected chi connectivity index (χ1v) is 6.84. The van der Waals surface area contributed by atoms with Gasteiger partial charge in [0.1, 0.15) is 17.2 Å². The molecule has 0 atom stereocenters. The third kappa shape index (κ3) is 4.63. The highest BCUT2D eigenvalue weighted by Crippen LogP contribution is 2.20. The zero-order valence-corrected chi connectivity index (χ0v) is 12.1. The first kappa shape index (κ1) is 16.2. The van der Waals surface area contributed by atoms with Crippen molar-refractivity contribution >= 4 is 11.8 Å². The molecule has 5 N–H and O–H groups in total. The molecular weight excluding hydrogens is 300 g/mol. The van der Waals surface area contributed by atoms with Crippen LogP contribution in [0, 0.1) is 0 Å². The van der Waals surface area contributed by atoms with Gasteiger partial charge in [0.2, 0.25) is 0 Å². The number of nitrogens with one attached hydrogen (secondary N) is 2. The Balaban J connectivity index is 1.81. The number of phenols is 3. The van der Waals surface area contributed by atoms with Crippen molar-refractivity contribution in [3.63, 3.8) is 0 Å². The lowest BCUT2D eigenvalue weighted by Crippen LogP contribution is -2.34. The number of aromatic hydroxyl groups is 3. The molecule has 0 aliphatic carbocycles. The van der Waals surface area contributed by atoms with E-state index in [0.717, 1.165) is 6.07 Å². The molecule has 7 nitrogen and oxygen atoms in total. The molecule has 2 amide bonds. The fourth-order valence-electron chi connectivity index (χ4n) is 1.93. The van der Waals surface area contributed by atoms with Crippen LogP contribution in [0.15, 0.2) is 42.5 Å². The van der Waals surface area contributed by atoms with Crippen LogP contribution in [0.4, 0.5) is 0 Å². The molecule has 0 radical (unpaired) electrons. The number of amides is 2. The quantitative estimate of drug-likeness (QED) is 0.527. The van der Waals surface area contributed by atoms with Gasteiger partial charge in [0.25, 0.3) is 11.8 Å². The Kier molecular flexibility index (Phi) is 5.03. The topological polar surface area (TPSA) is 119 Å². The molecule has 2 aromatic carbocycles. The van der Waals surface area contributed by atoms with Crippen LogP contribution < -0.4 is 10.6 Å². The molecule has 0 saturated carbocycles. The van der Waals surface area contributed by atoms with E-state index < -0.39 is 5.91 Å². The van der Waals surface area contributed by atoms with Crippen LogP contribution >= 0.6 is 0 Å². The molecule has 0 spiro atoms. The summed E-state index contributed by atoms with van der Waals surface area (Å²) in [6, 6.07) is 9.47. The van der Waals surface area contributed by atoms with Gasteiger partial charge in [-0.2, -0.15) is 0 Å². The maximum atomic E-state index is 11.8. The van der Waals surface area contributed by atoms with Gasteiger partial charge in [0, 0.05) is 30.3 Å². The number of phenolic OH excluding ortho intramolecular Hbond substituents is 3. The summed E-state index contributed by atoms with van der Waals surface area (Å²) < 4.78 is 0. The smallest absolute Gasteiger partial charge is 0.251 e. The van der Waals surface area contributed by atoms with E-state index in [4.69, 9.17) is 0 Å². The average Bonchev–Trinajstić information content (AvgIpc) is 2.50. The second-order valence-corrected chi connectivity index (χ2v) is 4.80. The van der Waals surface area contributed by atoms with Crippen LogP contribution in [0.5, 0.6) is 17.2 Å². The second kappa shape index (κ2) is 7.17. The summed E-state index contributed by atoms with van der Waals surface area (Å²) >= 11 is 0. The highest BCUT2D eigenvalue weighted by molar-refractivity contribution is 5.95. The minimum absolute atomic E-state index is 0.00496. The fraction of sp³-hybridized carbons (Fsp3) is 0.125. The predicted octanol–water partition coefficient (Wildman–Crippen LogP) is 0.963. The van der Waals surface area contributed by atoms with E-state index in [-0.39, 0.29) is 41.8 Å².